The summed E-state index contributed by atoms with van der Waals surface area (Å²) in [5.41, 5.74) is 2.02. The molecule has 2 aromatic rings. The van der Waals surface area contributed by atoms with Crippen molar-refractivity contribution >= 4 is 27.3 Å². The van der Waals surface area contributed by atoms with E-state index >= 15 is 0 Å². The largest absolute Gasteiger partial charge is 0.494 e. The SMILES string of the molecule is CCOc1ccc(OCC)c(NS(=O)(=O)c2ccc3c(c2)CCN3C(=O)C2CC2)c1. The van der Waals surface area contributed by atoms with E-state index in [9.17, 15) is 13.2 Å². The number of nitrogens with one attached hydrogen (secondary N) is 1. The van der Waals surface area contributed by atoms with Gasteiger partial charge in [-0.3, -0.25) is 9.52 Å². The van der Waals surface area contributed by atoms with E-state index in [-0.39, 0.29) is 16.7 Å². The van der Waals surface area contributed by atoms with Crippen molar-refractivity contribution in [1.29, 1.82) is 0 Å². The Labute approximate surface area is 177 Å². The van der Waals surface area contributed by atoms with Crippen molar-refractivity contribution in [1.82, 2.24) is 0 Å². The Kier molecular flexibility index (Phi) is 5.60. The van der Waals surface area contributed by atoms with Crippen LogP contribution in [-0.4, -0.2) is 34.1 Å². The maximum atomic E-state index is 13.1. The summed E-state index contributed by atoms with van der Waals surface area (Å²) in [5.74, 6) is 1.28. The molecule has 0 radical (unpaired) electrons. The van der Waals surface area contributed by atoms with Crippen molar-refractivity contribution in [3.63, 3.8) is 0 Å². The fourth-order valence-corrected chi connectivity index (χ4v) is 4.77. The van der Waals surface area contributed by atoms with E-state index in [1.165, 1.54) is 0 Å². The zero-order valence-corrected chi connectivity index (χ0v) is 18.0. The van der Waals surface area contributed by atoms with Gasteiger partial charge < -0.3 is 14.4 Å². The molecule has 0 aromatic heterocycles. The van der Waals surface area contributed by atoms with Crippen LogP contribution in [0.5, 0.6) is 11.5 Å². The van der Waals surface area contributed by atoms with Crippen LogP contribution in [0.1, 0.15) is 32.3 Å². The Morgan fingerprint density at radius 2 is 1.87 bits per heavy atom. The molecule has 0 spiro atoms. The molecule has 1 amide bonds. The quantitative estimate of drug-likeness (QED) is 0.692. The second-order valence-corrected chi connectivity index (χ2v) is 9.12. The van der Waals surface area contributed by atoms with Crippen LogP contribution >= 0.6 is 0 Å². The van der Waals surface area contributed by atoms with Crippen molar-refractivity contribution in [3.05, 3.63) is 42.0 Å². The minimum Gasteiger partial charge on any atom is -0.494 e. The number of ether oxygens (including phenoxy) is 2. The molecule has 1 aliphatic heterocycles. The predicted octanol–water partition coefficient (Wildman–Crippen LogP) is 3.58. The number of carbonyl (C=O) groups excluding carboxylic acids is 1. The number of sulfonamides is 1. The molecule has 8 heteroatoms. The van der Waals surface area contributed by atoms with Crippen LogP contribution < -0.4 is 19.1 Å². The number of benzene rings is 2. The standard InChI is InChI=1S/C22H26N2O5S/c1-3-28-17-7-10-21(29-4-2)19(14-17)23-30(26,27)18-8-9-20-16(13-18)11-12-24(20)22(25)15-5-6-15/h7-10,13-15,23H,3-6,11-12H2,1-2H3. The highest BCUT2D eigenvalue weighted by Crippen LogP contribution is 2.38. The monoisotopic (exact) mass is 430 g/mol. The fraction of sp³-hybridized carbons (Fsp3) is 0.409. The predicted molar refractivity (Wildman–Crippen MR) is 115 cm³/mol. The van der Waals surface area contributed by atoms with E-state index in [0.29, 0.717) is 43.4 Å². The number of anilines is 2. The molecule has 7 nitrogen and oxygen atoms in total. The van der Waals surface area contributed by atoms with Crippen LogP contribution in [0.3, 0.4) is 0 Å². The molecular formula is C22H26N2O5S. The summed E-state index contributed by atoms with van der Waals surface area (Å²) in [4.78, 5) is 14.4. The summed E-state index contributed by atoms with van der Waals surface area (Å²) < 4.78 is 39.8. The molecule has 1 fully saturated rings. The van der Waals surface area contributed by atoms with Gasteiger partial charge >= 0.3 is 0 Å². The van der Waals surface area contributed by atoms with E-state index in [1.54, 1.807) is 41.3 Å². The molecule has 1 saturated carbocycles. The molecular weight excluding hydrogens is 404 g/mol. The number of nitrogens with zero attached hydrogens (tertiary/aromatic N) is 1. The van der Waals surface area contributed by atoms with Gasteiger partial charge in [0.1, 0.15) is 11.5 Å². The number of rotatable bonds is 8. The number of amides is 1. The summed E-state index contributed by atoms with van der Waals surface area (Å²) in [6.07, 6.45) is 2.55. The maximum absolute atomic E-state index is 13.1. The van der Waals surface area contributed by atoms with Gasteiger partial charge in [0, 0.05) is 24.2 Å². The maximum Gasteiger partial charge on any atom is 0.262 e. The molecule has 1 N–H and O–H groups in total. The van der Waals surface area contributed by atoms with Gasteiger partial charge in [-0.05, 0) is 69.0 Å². The molecule has 30 heavy (non-hydrogen) atoms. The molecule has 0 unspecified atom stereocenters. The first-order chi connectivity index (χ1) is 14.4. The van der Waals surface area contributed by atoms with Gasteiger partial charge in [0.25, 0.3) is 10.0 Å². The third-order valence-corrected chi connectivity index (χ3v) is 6.62. The van der Waals surface area contributed by atoms with Crippen molar-refractivity contribution in [2.24, 2.45) is 5.92 Å². The summed E-state index contributed by atoms with van der Waals surface area (Å²) in [6, 6.07) is 9.99. The Morgan fingerprint density at radius 3 is 2.57 bits per heavy atom. The van der Waals surface area contributed by atoms with Crippen LogP contribution in [0, 0.1) is 5.92 Å². The minimum atomic E-state index is -3.84. The number of hydrogen-bond donors (Lipinski definition) is 1. The van der Waals surface area contributed by atoms with Crippen molar-refractivity contribution in [3.8, 4) is 11.5 Å². The zero-order chi connectivity index (χ0) is 21.3. The first-order valence-electron chi connectivity index (χ1n) is 10.3. The highest BCUT2D eigenvalue weighted by Gasteiger charge is 2.36. The minimum absolute atomic E-state index is 0.135. The Morgan fingerprint density at radius 1 is 1.10 bits per heavy atom. The van der Waals surface area contributed by atoms with E-state index in [1.807, 2.05) is 13.8 Å². The molecule has 4 rings (SSSR count). The third kappa shape index (κ3) is 4.09. The molecule has 0 atom stereocenters. The lowest BCUT2D eigenvalue weighted by atomic mass is 10.2. The van der Waals surface area contributed by atoms with E-state index in [0.717, 1.165) is 24.1 Å². The highest BCUT2D eigenvalue weighted by atomic mass is 32.2. The van der Waals surface area contributed by atoms with Crippen LogP contribution in [0.4, 0.5) is 11.4 Å². The van der Waals surface area contributed by atoms with Gasteiger partial charge in [0.2, 0.25) is 5.91 Å². The topological polar surface area (TPSA) is 84.9 Å². The van der Waals surface area contributed by atoms with Crippen LogP contribution in [0.25, 0.3) is 0 Å². The van der Waals surface area contributed by atoms with E-state index in [2.05, 4.69) is 4.72 Å². The molecule has 0 bridgehead atoms. The molecule has 2 aromatic carbocycles. The summed E-state index contributed by atoms with van der Waals surface area (Å²) in [5, 5.41) is 0. The second kappa shape index (κ2) is 8.18. The molecule has 0 saturated heterocycles. The van der Waals surface area contributed by atoms with Crippen LogP contribution in [0.15, 0.2) is 41.3 Å². The summed E-state index contributed by atoms with van der Waals surface area (Å²) in [6.45, 7) is 5.19. The van der Waals surface area contributed by atoms with Crippen LogP contribution in [0.2, 0.25) is 0 Å². The second-order valence-electron chi connectivity index (χ2n) is 7.43. The normalized spacial score (nSPS) is 15.6. The van der Waals surface area contributed by atoms with Gasteiger partial charge in [-0.25, -0.2) is 8.42 Å². The molecule has 160 valence electrons. The van der Waals surface area contributed by atoms with Crippen molar-refractivity contribution in [2.45, 2.75) is 38.0 Å². The Bertz CT molecular complexity index is 1060. The smallest absolute Gasteiger partial charge is 0.262 e. The average molecular weight is 431 g/mol. The van der Waals surface area contributed by atoms with Crippen molar-refractivity contribution in [2.75, 3.05) is 29.4 Å². The number of fused-ring (bicyclic) bond motifs is 1. The van der Waals surface area contributed by atoms with Crippen molar-refractivity contribution < 1.29 is 22.7 Å². The van der Waals surface area contributed by atoms with Gasteiger partial charge in [0.15, 0.2) is 0 Å². The summed E-state index contributed by atoms with van der Waals surface area (Å²) >= 11 is 0. The Balaban J connectivity index is 1.60. The number of hydrogen-bond acceptors (Lipinski definition) is 5. The van der Waals surface area contributed by atoms with Gasteiger partial charge in [0.05, 0.1) is 23.8 Å². The van der Waals surface area contributed by atoms with Gasteiger partial charge in [-0.1, -0.05) is 0 Å². The highest BCUT2D eigenvalue weighted by molar-refractivity contribution is 7.92. The lowest BCUT2D eigenvalue weighted by Gasteiger charge is -2.18. The first kappa shape index (κ1) is 20.5. The molecule has 1 aliphatic carbocycles. The van der Waals surface area contributed by atoms with E-state index in [4.69, 9.17) is 9.47 Å². The Hall–Kier alpha value is -2.74. The summed E-state index contributed by atoms with van der Waals surface area (Å²) in [7, 11) is -3.84. The van der Waals surface area contributed by atoms with Crippen LogP contribution in [-0.2, 0) is 21.2 Å². The van der Waals surface area contributed by atoms with Gasteiger partial charge in [-0.2, -0.15) is 0 Å². The molecule has 1 heterocycles. The zero-order valence-electron chi connectivity index (χ0n) is 17.2. The first-order valence-corrected chi connectivity index (χ1v) is 11.8. The fourth-order valence-electron chi connectivity index (χ4n) is 3.66. The lowest BCUT2D eigenvalue weighted by molar-refractivity contribution is -0.119. The molecule has 2 aliphatic rings. The lowest BCUT2D eigenvalue weighted by Crippen LogP contribution is -2.30. The third-order valence-electron chi connectivity index (χ3n) is 5.26. The average Bonchev–Trinajstić information content (AvgIpc) is 3.48. The van der Waals surface area contributed by atoms with Gasteiger partial charge in [-0.15, -0.1) is 0 Å². The van der Waals surface area contributed by atoms with E-state index < -0.39 is 10.0 Å². The number of carbonyl (C=O) groups is 1.